The lowest BCUT2D eigenvalue weighted by Gasteiger charge is -2.23. The number of rotatable bonds is 1. The van der Waals surface area contributed by atoms with E-state index in [2.05, 4.69) is 22.5 Å². The highest BCUT2D eigenvalue weighted by Gasteiger charge is 2.23. The first-order valence-corrected chi connectivity index (χ1v) is 6.33. The molecule has 1 aromatic heterocycles. The third kappa shape index (κ3) is 1.71. The summed E-state index contributed by atoms with van der Waals surface area (Å²) in [5.74, 6) is 1.46. The number of hydrogen-bond donors (Lipinski definition) is 0. The van der Waals surface area contributed by atoms with Gasteiger partial charge in [0, 0.05) is 17.0 Å². The zero-order valence-electron chi connectivity index (χ0n) is 9.14. The molecule has 2 aromatic rings. The minimum atomic E-state index is 0.425. The number of para-hydroxylation sites is 1. The van der Waals surface area contributed by atoms with Gasteiger partial charge in [-0.2, -0.15) is 0 Å². The Labute approximate surface area is 98.9 Å². The molecule has 1 unspecified atom stereocenters. The van der Waals surface area contributed by atoms with Crippen LogP contribution < -0.4 is 4.74 Å². The summed E-state index contributed by atoms with van der Waals surface area (Å²) in [4.78, 5) is 4.55. The summed E-state index contributed by atoms with van der Waals surface area (Å²) >= 11 is 1.74. The number of hydrogen-bond acceptors (Lipinski definition) is 3. The van der Waals surface area contributed by atoms with Crippen LogP contribution in [0.4, 0.5) is 0 Å². The van der Waals surface area contributed by atoms with Gasteiger partial charge in [-0.3, -0.25) is 0 Å². The molecule has 1 aliphatic heterocycles. The molecule has 0 N–H and O–H groups in total. The van der Waals surface area contributed by atoms with Crippen LogP contribution in [0.1, 0.15) is 22.2 Å². The Morgan fingerprint density at radius 1 is 1.38 bits per heavy atom. The summed E-state index contributed by atoms with van der Waals surface area (Å²) in [6.45, 7) is 2.79. The van der Waals surface area contributed by atoms with Gasteiger partial charge in [0.15, 0.2) is 0 Å². The molecule has 0 amide bonds. The second-order valence-corrected chi connectivity index (χ2v) is 5.04. The Kier molecular flexibility index (Phi) is 2.40. The van der Waals surface area contributed by atoms with E-state index in [4.69, 9.17) is 4.74 Å². The molecule has 2 heterocycles. The molecule has 2 nitrogen and oxygen atoms in total. The number of thiazole rings is 1. The van der Waals surface area contributed by atoms with Gasteiger partial charge in [0.2, 0.25) is 0 Å². The Morgan fingerprint density at radius 2 is 2.25 bits per heavy atom. The molecule has 0 fully saturated rings. The zero-order chi connectivity index (χ0) is 11.0. The highest BCUT2D eigenvalue weighted by Crippen LogP contribution is 2.33. The van der Waals surface area contributed by atoms with Crippen LogP contribution in [0.15, 0.2) is 29.6 Å². The predicted molar refractivity (Wildman–Crippen MR) is 65.2 cm³/mol. The van der Waals surface area contributed by atoms with Crippen molar-refractivity contribution in [2.45, 2.75) is 19.3 Å². The summed E-state index contributed by atoms with van der Waals surface area (Å²) in [5.41, 5.74) is 2.41. The van der Waals surface area contributed by atoms with Crippen molar-refractivity contribution in [3.05, 3.63) is 45.9 Å². The first-order valence-electron chi connectivity index (χ1n) is 5.45. The third-order valence-corrected chi connectivity index (χ3v) is 3.99. The van der Waals surface area contributed by atoms with Crippen molar-refractivity contribution < 1.29 is 4.74 Å². The number of ether oxygens (including phenoxy) is 1. The molecule has 0 radical (unpaired) electrons. The van der Waals surface area contributed by atoms with Gasteiger partial charge in [-0.15, -0.1) is 11.3 Å². The largest absolute Gasteiger partial charge is 0.493 e. The van der Waals surface area contributed by atoms with Crippen LogP contribution in [-0.4, -0.2) is 11.6 Å². The number of benzene rings is 1. The molecule has 3 heteroatoms. The maximum absolute atomic E-state index is 5.77. The molecule has 82 valence electrons. The number of aromatic nitrogens is 1. The fraction of sp³-hybridized carbons (Fsp3) is 0.308. The van der Waals surface area contributed by atoms with Gasteiger partial charge in [0.1, 0.15) is 5.75 Å². The molecular formula is C13H13NOS. The average Bonchev–Trinajstić information content (AvgIpc) is 2.75. The van der Waals surface area contributed by atoms with E-state index < -0.39 is 0 Å². The molecule has 1 aliphatic rings. The Hall–Kier alpha value is -1.35. The van der Waals surface area contributed by atoms with Gasteiger partial charge in [0.25, 0.3) is 0 Å². The van der Waals surface area contributed by atoms with E-state index in [1.54, 1.807) is 11.3 Å². The van der Waals surface area contributed by atoms with E-state index in [1.807, 2.05) is 19.1 Å². The fourth-order valence-electron chi connectivity index (χ4n) is 2.05. The van der Waals surface area contributed by atoms with Crippen molar-refractivity contribution >= 4 is 11.3 Å². The Balaban J connectivity index is 1.88. The molecule has 0 bridgehead atoms. The van der Waals surface area contributed by atoms with Crippen molar-refractivity contribution in [1.29, 1.82) is 0 Å². The minimum Gasteiger partial charge on any atom is -0.493 e. The van der Waals surface area contributed by atoms with Crippen molar-refractivity contribution in [2.75, 3.05) is 6.61 Å². The average molecular weight is 231 g/mol. The van der Waals surface area contributed by atoms with E-state index in [1.165, 1.54) is 10.6 Å². The summed E-state index contributed by atoms with van der Waals surface area (Å²) in [7, 11) is 0. The molecular weight excluding hydrogens is 218 g/mol. The van der Waals surface area contributed by atoms with Crippen molar-refractivity contribution in [1.82, 2.24) is 4.98 Å². The van der Waals surface area contributed by atoms with E-state index in [0.717, 1.165) is 24.5 Å². The van der Waals surface area contributed by atoms with Crippen LogP contribution in [0.3, 0.4) is 0 Å². The zero-order valence-corrected chi connectivity index (χ0v) is 9.96. The van der Waals surface area contributed by atoms with Gasteiger partial charge in [-0.25, -0.2) is 4.98 Å². The highest BCUT2D eigenvalue weighted by molar-refractivity contribution is 7.09. The second kappa shape index (κ2) is 3.91. The van der Waals surface area contributed by atoms with Crippen LogP contribution in [0.5, 0.6) is 5.75 Å². The number of aryl methyl sites for hydroxylation is 1. The van der Waals surface area contributed by atoms with Gasteiger partial charge in [0.05, 0.1) is 11.6 Å². The van der Waals surface area contributed by atoms with Crippen LogP contribution in [0.2, 0.25) is 0 Å². The molecule has 0 saturated heterocycles. The predicted octanol–water partition coefficient (Wildman–Crippen LogP) is 3.17. The quantitative estimate of drug-likeness (QED) is 0.752. The SMILES string of the molecule is Cc1csc(C2COc3ccccc3C2)n1. The minimum absolute atomic E-state index is 0.425. The van der Waals surface area contributed by atoms with E-state index >= 15 is 0 Å². The molecule has 1 aromatic carbocycles. The smallest absolute Gasteiger partial charge is 0.122 e. The lowest BCUT2D eigenvalue weighted by atomic mass is 9.97. The maximum Gasteiger partial charge on any atom is 0.122 e. The lowest BCUT2D eigenvalue weighted by Crippen LogP contribution is -2.18. The summed E-state index contributed by atoms with van der Waals surface area (Å²) in [6.07, 6.45) is 1.04. The number of fused-ring (bicyclic) bond motifs is 1. The van der Waals surface area contributed by atoms with Crippen LogP contribution in [0, 0.1) is 6.92 Å². The first-order chi connectivity index (χ1) is 7.83. The summed E-state index contributed by atoms with van der Waals surface area (Å²) in [6, 6.07) is 8.27. The molecule has 1 atom stereocenters. The highest BCUT2D eigenvalue weighted by atomic mass is 32.1. The molecule has 3 rings (SSSR count). The molecule has 0 spiro atoms. The fourth-order valence-corrected chi connectivity index (χ4v) is 2.93. The lowest BCUT2D eigenvalue weighted by molar-refractivity contribution is 0.262. The normalized spacial score (nSPS) is 18.9. The van der Waals surface area contributed by atoms with Crippen molar-refractivity contribution in [3.63, 3.8) is 0 Å². The van der Waals surface area contributed by atoms with Gasteiger partial charge in [-0.05, 0) is 25.0 Å². The van der Waals surface area contributed by atoms with Gasteiger partial charge < -0.3 is 4.74 Å². The second-order valence-electron chi connectivity index (χ2n) is 4.15. The Bertz CT molecular complexity index is 506. The number of nitrogens with zero attached hydrogens (tertiary/aromatic N) is 1. The monoisotopic (exact) mass is 231 g/mol. The summed E-state index contributed by atoms with van der Waals surface area (Å²) < 4.78 is 5.77. The van der Waals surface area contributed by atoms with Gasteiger partial charge in [-0.1, -0.05) is 18.2 Å². The van der Waals surface area contributed by atoms with Crippen molar-refractivity contribution in [3.8, 4) is 5.75 Å². The molecule has 0 aliphatic carbocycles. The van der Waals surface area contributed by atoms with E-state index in [9.17, 15) is 0 Å². The van der Waals surface area contributed by atoms with Crippen LogP contribution in [-0.2, 0) is 6.42 Å². The molecule has 0 saturated carbocycles. The van der Waals surface area contributed by atoms with Crippen LogP contribution in [0.25, 0.3) is 0 Å². The first kappa shape index (κ1) is 9.85. The van der Waals surface area contributed by atoms with E-state index in [0.29, 0.717) is 5.92 Å². The molecule has 16 heavy (non-hydrogen) atoms. The third-order valence-electron chi connectivity index (χ3n) is 2.86. The maximum atomic E-state index is 5.77. The van der Waals surface area contributed by atoms with E-state index in [-0.39, 0.29) is 0 Å². The summed E-state index contributed by atoms with van der Waals surface area (Å²) in [5, 5.41) is 3.31. The topological polar surface area (TPSA) is 22.1 Å². The van der Waals surface area contributed by atoms with Gasteiger partial charge >= 0.3 is 0 Å². The Morgan fingerprint density at radius 3 is 3.06 bits per heavy atom. The van der Waals surface area contributed by atoms with Crippen molar-refractivity contribution in [2.24, 2.45) is 0 Å². The van der Waals surface area contributed by atoms with Crippen LogP contribution >= 0.6 is 11.3 Å². The standard InChI is InChI=1S/C13H13NOS/c1-9-8-16-13(14-9)11-6-10-4-2-3-5-12(10)15-7-11/h2-5,8,11H,6-7H2,1H3.